The number of likely N-dealkylation sites (tertiary alicyclic amines) is 1. The minimum atomic E-state index is 0.614. The molecule has 1 heterocycles. The minimum Gasteiger partial charge on any atom is -0.330 e. The van der Waals surface area contributed by atoms with Crippen molar-refractivity contribution in [1.82, 2.24) is 4.90 Å². The molecule has 0 aromatic heterocycles. The van der Waals surface area contributed by atoms with E-state index in [0.29, 0.717) is 5.41 Å². The van der Waals surface area contributed by atoms with Crippen molar-refractivity contribution in [1.29, 1.82) is 0 Å². The van der Waals surface area contributed by atoms with Crippen LogP contribution in [-0.2, 0) is 0 Å². The van der Waals surface area contributed by atoms with Crippen LogP contribution in [0.25, 0.3) is 0 Å². The lowest BCUT2D eigenvalue weighted by Crippen LogP contribution is -2.40. The maximum absolute atomic E-state index is 5.74. The standard InChI is InChI=1S/C15H30N2/c1-15(2)7-3-14(4-8-15)12-17-9-5-13(11-16)6-10-17/h13-14H,3-12,16H2,1-2H3. The van der Waals surface area contributed by atoms with Crippen molar-refractivity contribution in [2.75, 3.05) is 26.2 Å². The van der Waals surface area contributed by atoms with E-state index in [4.69, 9.17) is 5.73 Å². The Balaban J connectivity index is 1.69. The summed E-state index contributed by atoms with van der Waals surface area (Å²) in [5.74, 6) is 1.77. The highest BCUT2D eigenvalue weighted by Gasteiger charge is 2.28. The summed E-state index contributed by atoms with van der Waals surface area (Å²) in [5, 5.41) is 0. The van der Waals surface area contributed by atoms with Crippen LogP contribution in [0, 0.1) is 17.3 Å². The van der Waals surface area contributed by atoms with Crippen molar-refractivity contribution in [3.05, 3.63) is 0 Å². The lowest BCUT2D eigenvalue weighted by atomic mass is 9.73. The fourth-order valence-electron chi connectivity index (χ4n) is 3.41. The quantitative estimate of drug-likeness (QED) is 0.819. The first kappa shape index (κ1) is 13.4. The van der Waals surface area contributed by atoms with E-state index in [9.17, 15) is 0 Å². The van der Waals surface area contributed by atoms with Gasteiger partial charge < -0.3 is 10.6 Å². The SMILES string of the molecule is CC1(C)CCC(CN2CCC(CN)CC2)CC1. The van der Waals surface area contributed by atoms with Gasteiger partial charge >= 0.3 is 0 Å². The molecule has 0 bridgehead atoms. The normalized spacial score (nSPS) is 28.4. The van der Waals surface area contributed by atoms with Crippen LogP contribution in [0.5, 0.6) is 0 Å². The topological polar surface area (TPSA) is 29.3 Å². The van der Waals surface area contributed by atoms with Gasteiger partial charge in [0.05, 0.1) is 0 Å². The highest BCUT2D eigenvalue weighted by molar-refractivity contribution is 4.81. The molecule has 0 atom stereocenters. The predicted octanol–water partition coefficient (Wildman–Crippen LogP) is 2.87. The second-order valence-corrected chi connectivity index (χ2v) is 7.09. The molecule has 2 N–H and O–H groups in total. The zero-order valence-corrected chi connectivity index (χ0v) is 11.8. The van der Waals surface area contributed by atoms with Gasteiger partial charge in [0.1, 0.15) is 0 Å². The maximum Gasteiger partial charge on any atom is 0.000967 e. The summed E-state index contributed by atoms with van der Waals surface area (Å²) in [6.45, 7) is 9.69. The molecule has 2 nitrogen and oxygen atoms in total. The molecule has 1 saturated carbocycles. The van der Waals surface area contributed by atoms with Crippen LogP contribution in [0.2, 0.25) is 0 Å². The van der Waals surface area contributed by atoms with Gasteiger partial charge in [-0.05, 0) is 75.4 Å². The first-order valence-electron chi connectivity index (χ1n) is 7.51. The van der Waals surface area contributed by atoms with E-state index < -0.39 is 0 Å². The summed E-state index contributed by atoms with van der Waals surface area (Å²) >= 11 is 0. The van der Waals surface area contributed by atoms with E-state index in [2.05, 4.69) is 18.7 Å². The van der Waals surface area contributed by atoms with Crippen molar-refractivity contribution in [3.8, 4) is 0 Å². The summed E-state index contributed by atoms with van der Waals surface area (Å²) < 4.78 is 0. The van der Waals surface area contributed by atoms with E-state index in [0.717, 1.165) is 18.4 Å². The monoisotopic (exact) mass is 238 g/mol. The van der Waals surface area contributed by atoms with Crippen molar-refractivity contribution < 1.29 is 0 Å². The summed E-state index contributed by atoms with van der Waals surface area (Å²) in [6, 6.07) is 0. The Morgan fingerprint density at radius 3 is 2.12 bits per heavy atom. The summed E-state index contributed by atoms with van der Waals surface area (Å²) in [7, 11) is 0. The lowest BCUT2D eigenvalue weighted by molar-refractivity contribution is 0.118. The summed E-state index contributed by atoms with van der Waals surface area (Å²) in [4.78, 5) is 2.69. The van der Waals surface area contributed by atoms with Crippen molar-refractivity contribution >= 4 is 0 Å². The minimum absolute atomic E-state index is 0.614. The van der Waals surface area contributed by atoms with Crippen LogP contribution in [0.4, 0.5) is 0 Å². The van der Waals surface area contributed by atoms with Crippen molar-refractivity contribution in [3.63, 3.8) is 0 Å². The summed E-state index contributed by atoms with van der Waals surface area (Å²) in [5.41, 5.74) is 6.36. The molecule has 1 aliphatic heterocycles. The molecule has 0 unspecified atom stereocenters. The zero-order chi connectivity index (χ0) is 12.3. The Morgan fingerprint density at radius 2 is 1.59 bits per heavy atom. The Morgan fingerprint density at radius 1 is 1.00 bits per heavy atom. The molecular weight excluding hydrogens is 208 g/mol. The molecule has 100 valence electrons. The molecule has 17 heavy (non-hydrogen) atoms. The Hall–Kier alpha value is -0.0800. The van der Waals surface area contributed by atoms with Crippen LogP contribution in [0.15, 0.2) is 0 Å². The predicted molar refractivity (Wildman–Crippen MR) is 74.0 cm³/mol. The molecule has 2 heteroatoms. The van der Waals surface area contributed by atoms with Gasteiger partial charge in [-0.1, -0.05) is 13.8 Å². The fraction of sp³-hybridized carbons (Fsp3) is 1.00. The Labute approximate surface area is 107 Å². The first-order chi connectivity index (χ1) is 8.09. The van der Waals surface area contributed by atoms with Crippen LogP contribution < -0.4 is 5.73 Å². The largest absolute Gasteiger partial charge is 0.330 e. The van der Waals surface area contributed by atoms with Crippen molar-refractivity contribution in [2.45, 2.75) is 52.4 Å². The van der Waals surface area contributed by atoms with Crippen LogP contribution >= 0.6 is 0 Å². The average molecular weight is 238 g/mol. The highest BCUT2D eigenvalue weighted by Crippen LogP contribution is 2.38. The molecule has 0 amide bonds. The van der Waals surface area contributed by atoms with Gasteiger partial charge in [0.25, 0.3) is 0 Å². The number of piperidine rings is 1. The molecule has 2 aliphatic rings. The number of rotatable bonds is 3. The molecule has 0 spiro atoms. The van der Waals surface area contributed by atoms with Crippen LogP contribution in [0.1, 0.15) is 52.4 Å². The molecule has 0 radical (unpaired) electrons. The van der Waals surface area contributed by atoms with Gasteiger partial charge in [0, 0.05) is 6.54 Å². The van der Waals surface area contributed by atoms with Crippen LogP contribution in [0.3, 0.4) is 0 Å². The smallest absolute Gasteiger partial charge is 0.000967 e. The van der Waals surface area contributed by atoms with E-state index in [1.807, 2.05) is 0 Å². The second kappa shape index (κ2) is 5.71. The average Bonchev–Trinajstić information content (AvgIpc) is 2.33. The molecule has 2 rings (SSSR count). The Kier molecular flexibility index (Phi) is 4.48. The van der Waals surface area contributed by atoms with Gasteiger partial charge in [-0.15, -0.1) is 0 Å². The molecular formula is C15H30N2. The summed E-state index contributed by atoms with van der Waals surface area (Å²) in [6.07, 6.45) is 8.41. The van der Waals surface area contributed by atoms with Gasteiger partial charge in [-0.2, -0.15) is 0 Å². The van der Waals surface area contributed by atoms with Crippen molar-refractivity contribution in [2.24, 2.45) is 23.0 Å². The van der Waals surface area contributed by atoms with Crippen LogP contribution in [-0.4, -0.2) is 31.1 Å². The van der Waals surface area contributed by atoms with Gasteiger partial charge in [-0.25, -0.2) is 0 Å². The number of nitrogens with zero attached hydrogens (tertiary/aromatic N) is 1. The first-order valence-corrected chi connectivity index (χ1v) is 7.51. The van der Waals surface area contributed by atoms with Gasteiger partial charge in [-0.3, -0.25) is 0 Å². The third-order valence-electron chi connectivity index (χ3n) is 5.02. The van der Waals surface area contributed by atoms with Gasteiger partial charge in [0.2, 0.25) is 0 Å². The lowest BCUT2D eigenvalue weighted by Gasteiger charge is -2.38. The van der Waals surface area contributed by atoms with E-state index in [1.165, 1.54) is 58.2 Å². The zero-order valence-electron chi connectivity index (χ0n) is 11.8. The third-order valence-corrected chi connectivity index (χ3v) is 5.02. The molecule has 0 aromatic rings. The number of hydrogen-bond acceptors (Lipinski definition) is 2. The molecule has 2 fully saturated rings. The van der Waals surface area contributed by atoms with E-state index >= 15 is 0 Å². The van der Waals surface area contributed by atoms with E-state index in [1.54, 1.807) is 0 Å². The van der Waals surface area contributed by atoms with E-state index in [-0.39, 0.29) is 0 Å². The Bertz CT molecular complexity index is 219. The highest BCUT2D eigenvalue weighted by atomic mass is 15.1. The third kappa shape index (κ3) is 3.96. The number of nitrogens with two attached hydrogens (primary N) is 1. The second-order valence-electron chi connectivity index (χ2n) is 7.09. The van der Waals surface area contributed by atoms with Gasteiger partial charge in [0.15, 0.2) is 0 Å². The number of hydrogen-bond donors (Lipinski definition) is 1. The molecule has 1 aliphatic carbocycles. The fourth-order valence-corrected chi connectivity index (χ4v) is 3.41. The maximum atomic E-state index is 5.74. The molecule has 0 aromatic carbocycles. The molecule has 1 saturated heterocycles.